The quantitative estimate of drug-likeness (QED) is 0.258. The van der Waals surface area contributed by atoms with Gasteiger partial charge in [0.1, 0.15) is 6.04 Å². The molecule has 2 aromatic rings. The van der Waals surface area contributed by atoms with Gasteiger partial charge in [0.05, 0.1) is 13.7 Å². The molecule has 1 aliphatic carbocycles. The lowest BCUT2D eigenvalue weighted by atomic mass is 9.84. The largest absolute Gasteiger partial charge is 0.453 e. The zero-order chi connectivity index (χ0) is 27.3. The number of hydrogen-bond donors (Lipinski definition) is 4. The van der Waals surface area contributed by atoms with Gasteiger partial charge in [0.2, 0.25) is 5.91 Å². The minimum atomic E-state index is -0.837. The van der Waals surface area contributed by atoms with E-state index in [1.807, 2.05) is 60.7 Å². The number of aliphatic hydroxyl groups excluding tert-OH is 1. The van der Waals surface area contributed by atoms with Crippen molar-refractivity contribution in [3.63, 3.8) is 0 Å². The second-order valence-corrected chi connectivity index (χ2v) is 10.8. The van der Waals surface area contributed by atoms with Gasteiger partial charge in [-0.15, -0.1) is 0 Å². The van der Waals surface area contributed by atoms with Gasteiger partial charge in [-0.2, -0.15) is 0 Å². The van der Waals surface area contributed by atoms with Crippen LogP contribution in [-0.2, 0) is 9.53 Å². The van der Waals surface area contributed by atoms with Crippen LogP contribution >= 0.6 is 0 Å². The second kappa shape index (κ2) is 15.5. The Morgan fingerprint density at radius 1 is 0.921 bits per heavy atom. The van der Waals surface area contributed by atoms with Crippen molar-refractivity contribution < 1.29 is 19.4 Å². The third-order valence-corrected chi connectivity index (χ3v) is 7.35. The van der Waals surface area contributed by atoms with Gasteiger partial charge in [0.25, 0.3) is 0 Å². The standard InChI is InChI=1S/C31H45N3O4/c1-22(2)19-20-32-26(21-35)15-10-16-27(23-17-18-23)33-30(36)29(34-31(37)38-3)28(24-11-6-4-7-12-24)25-13-8-5-9-14-25/h4-9,11-14,22-23,26-29,32,35H,10,15-21H2,1-3H3,(H,33,36)(H,34,37)/t26-,27?,29-/m0/s1. The van der Waals surface area contributed by atoms with Crippen molar-refractivity contribution in [3.8, 4) is 0 Å². The maximum absolute atomic E-state index is 13.8. The van der Waals surface area contributed by atoms with Crippen molar-refractivity contribution in [3.05, 3.63) is 71.8 Å². The monoisotopic (exact) mass is 523 g/mol. The molecule has 0 saturated heterocycles. The van der Waals surface area contributed by atoms with Gasteiger partial charge >= 0.3 is 6.09 Å². The van der Waals surface area contributed by atoms with E-state index in [4.69, 9.17) is 4.74 Å². The summed E-state index contributed by atoms with van der Waals surface area (Å²) in [6.45, 7) is 5.40. The topological polar surface area (TPSA) is 99.7 Å². The van der Waals surface area contributed by atoms with Crippen molar-refractivity contribution in [1.82, 2.24) is 16.0 Å². The van der Waals surface area contributed by atoms with Crippen LogP contribution in [0, 0.1) is 11.8 Å². The molecule has 2 aromatic carbocycles. The lowest BCUT2D eigenvalue weighted by molar-refractivity contribution is -0.124. The van der Waals surface area contributed by atoms with E-state index in [0.717, 1.165) is 56.2 Å². The van der Waals surface area contributed by atoms with Crippen LogP contribution in [0.4, 0.5) is 4.79 Å². The molecule has 0 radical (unpaired) electrons. The Hall–Kier alpha value is -2.90. The van der Waals surface area contributed by atoms with Crippen LogP contribution in [0.15, 0.2) is 60.7 Å². The van der Waals surface area contributed by atoms with Crippen molar-refractivity contribution in [2.45, 2.75) is 76.4 Å². The molecule has 3 rings (SSSR count). The normalized spacial score (nSPS) is 15.6. The first-order valence-corrected chi connectivity index (χ1v) is 14.0. The van der Waals surface area contributed by atoms with Crippen molar-refractivity contribution >= 4 is 12.0 Å². The summed E-state index contributed by atoms with van der Waals surface area (Å²) in [5, 5.41) is 19.4. The first kappa shape index (κ1) is 29.7. The predicted molar refractivity (Wildman–Crippen MR) is 151 cm³/mol. The molecule has 1 saturated carbocycles. The van der Waals surface area contributed by atoms with E-state index in [1.165, 1.54) is 7.11 Å². The Morgan fingerprint density at radius 2 is 1.53 bits per heavy atom. The summed E-state index contributed by atoms with van der Waals surface area (Å²) in [5.74, 6) is 0.489. The van der Waals surface area contributed by atoms with Gasteiger partial charge in [-0.3, -0.25) is 4.79 Å². The summed E-state index contributed by atoms with van der Waals surface area (Å²) >= 11 is 0. The summed E-state index contributed by atoms with van der Waals surface area (Å²) in [6.07, 6.45) is 5.23. The predicted octanol–water partition coefficient (Wildman–Crippen LogP) is 4.60. The highest BCUT2D eigenvalue weighted by Gasteiger charge is 2.37. The van der Waals surface area contributed by atoms with E-state index >= 15 is 0 Å². The van der Waals surface area contributed by atoms with E-state index in [2.05, 4.69) is 29.8 Å². The first-order chi connectivity index (χ1) is 18.4. The fourth-order valence-corrected chi connectivity index (χ4v) is 5.00. The molecule has 3 atom stereocenters. The molecule has 1 aliphatic rings. The molecular weight excluding hydrogens is 478 g/mol. The van der Waals surface area contributed by atoms with Crippen LogP contribution in [-0.4, -0.2) is 55.5 Å². The molecular formula is C31H45N3O4. The number of carbonyl (C=O) groups is 2. The Kier molecular flexibility index (Phi) is 12.1. The van der Waals surface area contributed by atoms with E-state index in [1.54, 1.807) is 0 Å². The highest BCUT2D eigenvalue weighted by atomic mass is 16.5. The summed E-state index contributed by atoms with van der Waals surface area (Å²) < 4.78 is 4.91. The SMILES string of the molecule is COC(=O)N[C@H](C(=O)NC(CCC[C@@H](CO)NCCC(C)C)C1CC1)C(c1ccccc1)c1ccccc1. The number of carbonyl (C=O) groups excluding carboxylic acids is 2. The fourth-order valence-electron chi connectivity index (χ4n) is 5.00. The maximum Gasteiger partial charge on any atom is 0.407 e. The number of aliphatic hydroxyl groups is 1. The highest BCUT2D eigenvalue weighted by molar-refractivity contribution is 5.87. The Morgan fingerprint density at radius 3 is 2.03 bits per heavy atom. The summed E-state index contributed by atoms with van der Waals surface area (Å²) in [4.78, 5) is 26.2. The molecule has 38 heavy (non-hydrogen) atoms. The molecule has 4 N–H and O–H groups in total. The Labute approximate surface area is 227 Å². The van der Waals surface area contributed by atoms with E-state index < -0.39 is 12.1 Å². The van der Waals surface area contributed by atoms with Gasteiger partial charge in [0, 0.05) is 18.0 Å². The van der Waals surface area contributed by atoms with Gasteiger partial charge in [-0.1, -0.05) is 74.5 Å². The lowest BCUT2D eigenvalue weighted by Crippen LogP contribution is -2.53. The van der Waals surface area contributed by atoms with Crippen LogP contribution in [0.5, 0.6) is 0 Å². The van der Waals surface area contributed by atoms with Gasteiger partial charge < -0.3 is 25.8 Å². The van der Waals surface area contributed by atoms with E-state index in [9.17, 15) is 14.7 Å². The summed E-state index contributed by atoms with van der Waals surface area (Å²) in [7, 11) is 1.31. The van der Waals surface area contributed by atoms with E-state index in [0.29, 0.717) is 11.8 Å². The van der Waals surface area contributed by atoms with E-state index in [-0.39, 0.29) is 30.5 Å². The molecule has 0 aromatic heterocycles. The molecule has 1 fully saturated rings. The maximum atomic E-state index is 13.8. The zero-order valence-electron chi connectivity index (χ0n) is 23.1. The number of amides is 2. The number of alkyl carbamates (subject to hydrolysis) is 1. The number of ether oxygens (including phenoxy) is 1. The van der Waals surface area contributed by atoms with Crippen molar-refractivity contribution in [1.29, 1.82) is 0 Å². The molecule has 0 spiro atoms. The lowest BCUT2D eigenvalue weighted by Gasteiger charge is -2.30. The molecule has 1 unspecified atom stereocenters. The molecule has 0 bridgehead atoms. The molecule has 0 heterocycles. The van der Waals surface area contributed by atoms with Crippen LogP contribution in [0.1, 0.15) is 69.4 Å². The van der Waals surface area contributed by atoms with Gasteiger partial charge in [-0.05, 0) is 68.0 Å². The van der Waals surface area contributed by atoms with Gasteiger partial charge in [0.15, 0.2) is 0 Å². The number of rotatable bonds is 16. The van der Waals surface area contributed by atoms with Crippen LogP contribution < -0.4 is 16.0 Å². The number of nitrogens with one attached hydrogen (secondary N) is 3. The number of methoxy groups -OCH3 is 1. The number of hydrogen-bond acceptors (Lipinski definition) is 5. The fraction of sp³-hybridized carbons (Fsp3) is 0.548. The molecule has 7 nitrogen and oxygen atoms in total. The molecule has 208 valence electrons. The minimum Gasteiger partial charge on any atom is -0.453 e. The average Bonchev–Trinajstić information content (AvgIpc) is 3.77. The summed E-state index contributed by atoms with van der Waals surface area (Å²) in [5.41, 5.74) is 1.88. The van der Waals surface area contributed by atoms with Crippen LogP contribution in [0.25, 0.3) is 0 Å². The number of benzene rings is 2. The molecule has 0 aliphatic heterocycles. The summed E-state index contributed by atoms with van der Waals surface area (Å²) in [6, 6.07) is 18.8. The van der Waals surface area contributed by atoms with Crippen LogP contribution in [0.2, 0.25) is 0 Å². The molecule has 2 amide bonds. The smallest absolute Gasteiger partial charge is 0.407 e. The highest BCUT2D eigenvalue weighted by Crippen LogP contribution is 2.35. The third-order valence-electron chi connectivity index (χ3n) is 7.35. The second-order valence-electron chi connectivity index (χ2n) is 10.8. The average molecular weight is 524 g/mol. The zero-order valence-corrected chi connectivity index (χ0v) is 23.1. The van der Waals surface area contributed by atoms with Gasteiger partial charge in [-0.25, -0.2) is 4.79 Å². The molecule has 7 heteroatoms. The first-order valence-electron chi connectivity index (χ1n) is 14.0. The van der Waals surface area contributed by atoms with Crippen LogP contribution in [0.3, 0.4) is 0 Å². The minimum absolute atomic E-state index is 0.0339. The Balaban J connectivity index is 1.72. The Bertz CT molecular complexity index is 926. The van der Waals surface area contributed by atoms with Crippen molar-refractivity contribution in [2.24, 2.45) is 11.8 Å². The third kappa shape index (κ3) is 9.44. The van der Waals surface area contributed by atoms with Crippen molar-refractivity contribution in [2.75, 3.05) is 20.3 Å².